The maximum atomic E-state index is 10.8. The lowest BCUT2D eigenvalue weighted by Gasteiger charge is -2.09. The number of aryl methyl sites for hydroxylation is 1. The van der Waals surface area contributed by atoms with Crippen LogP contribution in [0.2, 0.25) is 0 Å². The minimum absolute atomic E-state index is 0.0362. The summed E-state index contributed by atoms with van der Waals surface area (Å²) in [6.45, 7) is 2.10. The zero-order valence-electron chi connectivity index (χ0n) is 19.1. The summed E-state index contributed by atoms with van der Waals surface area (Å²) in [4.78, 5) is 37.8. The van der Waals surface area contributed by atoms with Crippen LogP contribution in [-0.2, 0) is 9.59 Å². The van der Waals surface area contributed by atoms with Crippen LogP contribution in [0, 0.1) is 6.92 Å². The summed E-state index contributed by atoms with van der Waals surface area (Å²) in [5, 5.41) is 3.51. The molecule has 0 bridgehead atoms. The molecule has 0 amide bonds. The van der Waals surface area contributed by atoms with Gasteiger partial charge in [0, 0.05) is 27.4 Å². The molecule has 36 heavy (non-hydrogen) atoms. The van der Waals surface area contributed by atoms with E-state index in [1.807, 2.05) is 0 Å². The molecule has 2 atom stereocenters. The minimum Gasteiger partial charge on any atom is -0.338 e. The number of imidazole rings is 2. The molecule has 0 aliphatic carbocycles. The molecule has 9 heteroatoms. The van der Waals surface area contributed by atoms with Gasteiger partial charge in [-0.1, -0.05) is 30.3 Å². The maximum absolute atomic E-state index is 10.8. The number of aromatic nitrogens is 4. The number of carbonyl (C=O) groups is 2. The molecule has 0 saturated heterocycles. The van der Waals surface area contributed by atoms with Gasteiger partial charge in [0.05, 0.1) is 28.7 Å². The Morgan fingerprint density at radius 1 is 0.750 bits per heavy atom. The molecule has 0 radical (unpaired) electrons. The SMILES string of the molecule is Cc1cc2cc(-c3ccc4cc(-c5cnc(PC=O)[nH]5)sc4c3)ccc2cc1-c1cnc(PC=O)[nH]1. The van der Waals surface area contributed by atoms with Gasteiger partial charge < -0.3 is 9.97 Å². The number of thiophene rings is 1. The van der Waals surface area contributed by atoms with Crippen molar-refractivity contribution in [3.63, 3.8) is 0 Å². The van der Waals surface area contributed by atoms with Crippen LogP contribution in [0.5, 0.6) is 0 Å². The maximum Gasteiger partial charge on any atom is 0.146 e. The van der Waals surface area contributed by atoms with E-state index in [9.17, 15) is 9.59 Å². The highest BCUT2D eigenvalue weighted by atomic mass is 32.1. The molecule has 6 rings (SSSR count). The summed E-state index contributed by atoms with van der Waals surface area (Å²) >= 11 is 1.71. The average molecular weight is 526 g/mol. The average Bonchev–Trinajstić information content (AvgIpc) is 3.63. The van der Waals surface area contributed by atoms with E-state index in [0.717, 1.165) is 44.8 Å². The van der Waals surface area contributed by atoms with Crippen molar-refractivity contribution in [1.82, 2.24) is 19.9 Å². The van der Waals surface area contributed by atoms with Crippen LogP contribution in [0.4, 0.5) is 0 Å². The molecule has 0 aliphatic heterocycles. The second-order valence-electron chi connectivity index (χ2n) is 8.41. The van der Waals surface area contributed by atoms with E-state index in [1.54, 1.807) is 23.7 Å². The molecule has 0 aliphatic rings. The van der Waals surface area contributed by atoms with Gasteiger partial charge in [-0.05, 0) is 64.0 Å². The third-order valence-electron chi connectivity index (χ3n) is 6.14. The van der Waals surface area contributed by atoms with Gasteiger partial charge in [0.2, 0.25) is 0 Å². The Hall–Kier alpha value is -3.50. The fourth-order valence-corrected chi connectivity index (χ4v) is 6.37. The van der Waals surface area contributed by atoms with Crippen LogP contribution in [-0.4, -0.2) is 32.0 Å². The van der Waals surface area contributed by atoms with Crippen LogP contribution in [0.3, 0.4) is 0 Å². The summed E-state index contributed by atoms with van der Waals surface area (Å²) in [6, 6.07) is 21.4. The summed E-state index contributed by atoms with van der Waals surface area (Å²) in [6.07, 6.45) is 3.59. The van der Waals surface area contributed by atoms with Crippen LogP contribution in [0.15, 0.2) is 67.0 Å². The number of rotatable bonds is 7. The van der Waals surface area contributed by atoms with E-state index in [1.165, 1.54) is 26.6 Å². The highest BCUT2D eigenvalue weighted by Gasteiger charge is 2.11. The Balaban J connectivity index is 1.33. The molecule has 6 nitrogen and oxygen atoms in total. The molecule has 0 spiro atoms. The normalized spacial score (nSPS) is 12.0. The smallest absolute Gasteiger partial charge is 0.146 e. The van der Waals surface area contributed by atoms with Gasteiger partial charge in [-0.2, -0.15) is 0 Å². The second-order valence-corrected chi connectivity index (χ2v) is 11.5. The predicted molar refractivity (Wildman–Crippen MR) is 154 cm³/mol. The number of fused-ring (bicyclic) bond motifs is 2. The number of hydrogen-bond acceptors (Lipinski definition) is 5. The fraction of sp³-hybridized carbons (Fsp3) is 0.0370. The molecule has 0 fully saturated rings. The largest absolute Gasteiger partial charge is 0.338 e. The lowest BCUT2D eigenvalue weighted by Crippen LogP contribution is -1.98. The molecule has 2 N–H and O–H groups in total. The van der Waals surface area contributed by atoms with E-state index >= 15 is 0 Å². The quantitative estimate of drug-likeness (QED) is 0.203. The van der Waals surface area contributed by atoms with Gasteiger partial charge in [0.25, 0.3) is 0 Å². The second kappa shape index (κ2) is 9.51. The number of benzene rings is 3. The number of aromatic amines is 2. The van der Waals surface area contributed by atoms with Gasteiger partial charge in [-0.15, -0.1) is 11.3 Å². The van der Waals surface area contributed by atoms with Gasteiger partial charge in [-0.3, -0.25) is 9.59 Å². The zero-order valence-corrected chi connectivity index (χ0v) is 21.9. The van der Waals surface area contributed by atoms with Gasteiger partial charge in [-0.25, -0.2) is 9.97 Å². The van der Waals surface area contributed by atoms with Gasteiger partial charge >= 0.3 is 0 Å². The van der Waals surface area contributed by atoms with E-state index in [2.05, 4.69) is 81.5 Å². The molecule has 3 heterocycles. The number of nitrogens with one attached hydrogen (secondary N) is 2. The van der Waals surface area contributed by atoms with Crippen molar-refractivity contribution in [2.45, 2.75) is 6.92 Å². The molecular formula is C27H20N4O2P2S. The van der Waals surface area contributed by atoms with Crippen LogP contribution in [0.1, 0.15) is 5.56 Å². The number of H-pyrrole nitrogens is 2. The topological polar surface area (TPSA) is 91.5 Å². The Kier molecular flexibility index (Phi) is 6.06. The van der Waals surface area contributed by atoms with Crippen molar-refractivity contribution in [2.24, 2.45) is 0 Å². The summed E-state index contributed by atoms with van der Waals surface area (Å²) in [7, 11) is 0.0796. The molecule has 3 aromatic heterocycles. The summed E-state index contributed by atoms with van der Waals surface area (Å²) in [5.41, 5.74) is 7.86. The van der Waals surface area contributed by atoms with E-state index in [0.29, 0.717) is 11.1 Å². The minimum atomic E-state index is 0.0362. The molecule has 3 aromatic carbocycles. The Morgan fingerprint density at radius 3 is 2.17 bits per heavy atom. The first-order chi connectivity index (χ1) is 17.6. The number of hydrogen-bond donors (Lipinski definition) is 2. The first kappa shape index (κ1) is 22.9. The summed E-state index contributed by atoms with van der Waals surface area (Å²) in [5.74, 6) is 0. The Morgan fingerprint density at radius 2 is 1.42 bits per heavy atom. The Labute approximate surface area is 214 Å². The highest BCUT2D eigenvalue weighted by Crippen LogP contribution is 2.36. The van der Waals surface area contributed by atoms with Gasteiger partial charge in [0.15, 0.2) is 0 Å². The standard InChI is InChI=1S/C27H20N4O2P2S/c1-15-6-20-7-16(2-3-17(20)8-21(15)22-11-28-26(30-22)34-13-32)18-4-5-19-10-25(36-24(19)9-18)23-12-29-27(31-23)35-14-33/h2-14,34-35H,1H3,(H,28,30)(H,29,31). The lowest BCUT2D eigenvalue weighted by molar-refractivity contribution is 0.569. The zero-order chi connectivity index (χ0) is 24.6. The molecule has 0 saturated carbocycles. The van der Waals surface area contributed by atoms with Crippen molar-refractivity contribution >= 4 is 72.5 Å². The predicted octanol–water partition coefficient (Wildman–Crippen LogP) is 5.80. The molecular weight excluding hydrogens is 506 g/mol. The number of carbonyl (C=O) groups excluding carboxylic acids is 2. The molecule has 2 unspecified atom stereocenters. The first-order valence-electron chi connectivity index (χ1n) is 11.2. The van der Waals surface area contributed by atoms with Crippen LogP contribution >= 0.6 is 28.5 Å². The van der Waals surface area contributed by atoms with Crippen molar-refractivity contribution in [2.75, 3.05) is 0 Å². The fourth-order valence-electron chi connectivity index (χ4n) is 4.39. The third kappa shape index (κ3) is 4.31. The summed E-state index contributed by atoms with van der Waals surface area (Å²) < 4.78 is 1.20. The van der Waals surface area contributed by atoms with Crippen molar-refractivity contribution < 1.29 is 9.59 Å². The van der Waals surface area contributed by atoms with E-state index < -0.39 is 0 Å². The van der Waals surface area contributed by atoms with Crippen molar-refractivity contribution in [3.05, 3.63) is 72.6 Å². The highest BCUT2D eigenvalue weighted by molar-refractivity contribution is 7.62. The van der Waals surface area contributed by atoms with E-state index in [4.69, 9.17) is 0 Å². The first-order valence-corrected chi connectivity index (χ1v) is 14.2. The van der Waals surface area contributed by atoms with Crippen molar-refractivity contribution in [3.8, 4) is 33.0 Å². The van der Waals surface area contributed by atoms with Crippen LogP contribution in [0.25, 0.3) is 53.8 Å². The van der Waals surface area contributed by atoms with Gasteiger partial charge in [0.1, 0.15) is 23.2 Å². The molecule has 6 aromatic rings. The number of nitrogens with zero attached hydrogens (tertiary/aromatic N) is 2. The Bertz CT molecular complexity index is 1770. The van der Waals surface area contributed by atoms with Crippen molar-refractivity contribution in [1.29, 1.82) is 0 Å². The molecule has 176 valence electrons. The van der Waals surface area contributed by atoms with E-state index in [-0.39, 0.29) is 17.2 Å². The third-order valence-corrected chi connectivity index (χ3v) is 8.56. The van der Waals surface area contributed by atoms with Crippen LogP contribution < -0.4 is 11.1 Å². The lowest BCUT2D eigenvalue weighted by atomic mass is 9.96. The monoisotopic (exact) mass is 526 g/mol.